The van der Waals surface area contributed by atoms with Crippen molar-refractivity contribution in [3.63, 3.8) is 0 Å². The number of hydrogen-bond donors (Lipinski definition) is 1. The molecular formula is C7H15N. The molecule has 0 saturated heterocycles. The predicted molar refractivity (Wildman–Crippen MR) is 37.6 cm³/mol. The molecule has 0 radical (unpaired) electrons. The summed E-state index contributed by atoms with van der Waals surface area (Å²) < 4.78 is 0. The van der Waals surface area contributed by atoms with E-state index in [0.29, 0.717) is 12.5 Å². The van der Waals surface area contributed by atoms with Crippen LogP contribution in [0.4, 0.5) is 0 Å². The average Bonchev–Trinajstić information content (AvgIpc) is 1.65. The van der Waals surface area contributed by atoms with E-state index in [4.69, 9.17) is 5.73 Å². The first-order chi connectivity index (χ1) is 3.66. The van der Waals surface area contributed by atoms with Crippen molar-refractivity contribution in [1.29, 1.82) is 0 Å². The summed E-state index contributed by atoms with van der Waals surface area (Å²) in [7, 11) is 0. The summed E-state index contributed by atoms with van der Waals surface area (Å²) in [6.45, 7) is 7.05. The van der Waals surface area contributed by atoms with Crippen LogP contribution in [0.1, 0.15) is 20.8 Å². The molecule has 0 aliphatic rings. The minimum atomic E-state index is 0.638. The monoisotopic (exact) mass is 113 g/mol. The molecule has 0 amide bonds. The second kappa shape index (κ2) is 3.67. The van der Waals surface area contributed by atoms with Gasteiger partial charge in [-0.3, -0.25) is 0 Å². The van der Waals surface area contributed by atoms with Gasteiger partial charge in [0.05, 0.1) is 0 Å². The number of nitrogens with two attached hydrogens (primary N) is 1. The second-order valence-electron chi connectivity index (χ2n) is 2.46. The zero-order chi connectivity index (χ0) is 6.57. The molecule has 0 rings (SSSR count). The van der Waals surface area contributed by atoms with Crippen LogP contribution in [0.15, 0.2) is 11.6 Å². The summed E-state index contributed by atoms with van der Waals surface area (Å²) in [6.07, 6.45) is 2.18. The van der Waals surface area contributed by atoms with E-state index in [1.807, 2.05) is 0 Å². The smallest absolute Gasteiger partial charge is 0.0134 e. The van der Waals surface area contributed by atoms with Gasteiger partial charge in [0, 0.05) is 6.54 Å². The third kappa shape index (κ3) is 3.88. The van der Waals surface area contributed by atoms with Gasteiger partial charge in [0.25, 0.3) is 0 Å². The van der Waals surface area contributed by atoms with Gasteiger partial charge in [-0.1, -0.05) is 25.5 Å². The highest BCUT2D eigenvalue weighted by molar-refractivity contribution is 5.00. The first-order valence-corrected chi connectivity index (χ1v) is 3.04. The molecule has 0 aromatic heterocycles. The maximum atomic E-state index is 5.35. The molecule has 8 heavy (non-hydrogen) atoms. The fraction of sp³-hybridized carbons (Fsp3) is 0.714. The molecular weight excluding hydrogens is 98.1 g/mol. The number of allylic oxidation sites excluding steroid dienone is 1. The largest absolute Gasteiger partial charge is 0.327 e. The topological polar surface area (TPSA) is 26.0 Å². The number of hydrogen-bond acceptors (Lipinski definition) is 1. The third-order valence-corrected chi connectivity index (χ3v) is 0.940. The van der Waals surface area contributed by atoms with Crippen molar-refractivity contribution in [2.24, 2.45) is 11.7 Å². The van der Waals surface area contributed by atoms with E-state index in [0.717, 1.165) is 0 Å². The highest BCUT2D eigenvalue weighted by atomic mass is 14.5. The predicted octanol–water partition coefficient (Wildman–Crippen LogP) is 1.55. The van der Waals surface area contributed by atoms with Crippen LogP contribution in [-0.4, -0.2) is 6.54 Å². The molecule has 1 heteroatoms. The molecule has 48 valence electrons. The summed E-state index contributed by atoms with van der Waals surface area (Å²) in [5.41, 5.74) is 6.63. The summed E-state index contributed by atoms with van der Waals surface area (Å²) in [5.74, 6) is 0.638. The van der Waals surface area contributed by atoms with E-state index in [1.54, 1.807) is 0 Å². The van der Waals surface area contributed by atoms with Crippen LogP contribution in [0.25, 0.3) is 0 Å². The van der Waals surface area contributed by atoms with E-state index in [1.165, 1.54) is 5.57 Å². The third-order valence-electron chi connectivity index (χ3n) is 0.940. The van der Waals surface area contributed by atoms with Crippen LogP contribution in [0.3, 0.4) is 0 Å². The molecule has 0 aliphatic carbocycles. The van der Waals surface area contributed by atoms with Crippen LogP contribution in [0.2, 0.25) is 0 Å². The van der Waals surface area contributed by atoms with E-state index < -0.39 is 0 Å². The van der Waals surface area contributed by atoms with Crippen molar-refractivity contribution in [2.45, 2.75) is 20.8 Å². The molecule has 0 spiro atoms. The van der Waals surface area contributed by atoms with Gasteiger partial charge in [-0.05, 0) is 12.8 Å². The maximum Gasteiger partial charge on any atom is 0.0134 e. The van der Waals surface area contributed by atoms with Crippen molar-refractivity contribution >= 4 is 0 Å². The minimum absolute atomic E-state index is 0.638. The molecule has 2 N–H and O–H groups in total. The van der Waals surface area contributed by atoms with Crippen molar-refractivity contribution in [3.05, 3.63) is 11.6 Å². The summed E-state index contributed by atoms with van der Waals surface area (Å²) in [6, 6.07) is 0. The molecule has 0 heterocycles. The summed E-state index contributed by atoms with van der Waals surface area (Å²) >= 11 is 0. The maximum absolute atomic E-state index is 5.35. The van der Waals surface area contributed by atoms with Gasteiger partial charge in [-0.2, -0.15) is 0 Å². The van der Waals surface area contributed by atoms with Gasteiger partial charge in [-0.25, -0.2) is 0 Å². The van der Waals surface area contributed by atoms with Crippen LogP contribution in [-0.2, 0) is 0 Å². The molecule has 0 aromatic rings. The van der Waals surface area contributed by atoms with Crippen LogP contribution < -0.4 is 5.73 Å². The minimum Gasteiger partial charge on any atom is -0.327 e. The fourth-order valence-electron chi connectivity index (χ4n) is 0.637. The van der Waals surface area contributed by atoms with Gasteiger partial charge in [0.15, 0.2) is 0 Å². The van der Waals surface area contributed by atoms with Gasteiger partial charge < -0.3 is 5.73 Å². The normalized spacial score (nSPS) is 12.9. The molecule has 0 fully saturated rings. The lowest BCUT2D eigenvalue weighted by Gasteiger charge is -1.97. The van der Waals surface area contributed by atoms with E-state index in [9.17, 15) is 0 Å². The van der Waals surface area contributed by atoms with Crippen molar-refractivity contribution in [1.82, 2.24) is 0 Å². The Balaban J connectivity index is 3.56. The molecule has 0 unspecified atom stereocenters. The Morgan fingerprint density at radius 1 is 1.62 bits per heavy atom. The van der Waals surface area contributed by atoms with Crippen molar-refractivity contribution in [2.75, 3.05) is 6.54 Å². The Bertz CT molecular complexity index is 82.4. The lowest BCUT2D eigenvalue weighted by molar-refractivity contribution is 0.817. The first kappa shape index (κ1) is 7.70. The van der Waals surface area contributed by atoms with Crippen molar-refractivity contribution < 1.29 is 0 Å². The Hall–Kier alpha value is -0.300. The molecule has 0 bridgehead atoms. The van der Waals surface area contributed by atoms with Crippen LogP contribution in [0.5, 0.6) is 0 Å². The highest BCUT2D eigenvalue weighted by Crippen LogP contribution is 1.98. The standard InChI is InChI=1S/C7H15N/c1-6(2)4-7(3)5-8/h4,6H,5,8H2,1-3H3. The Morgan fingerprint density at radius 2 is 2.12 bits per heavy atom. The van der Waals surface area contributed by atoms with Gasteiger partial charge >= 0.3 is 0 Å². The SMILES string of the molecule is CC(=CC(C)C)CN. The number of rotatable bonds is 2. The molecule has 1 nitrogen and oxygen atoms in total. The Kier molecular flexibility index (Phi) is 3.53. The Morgan fingerprint density at radius 3 is 2.25 bits per heavy atom. The van der Waals surface area contributed by atoms with E-state index in [-0.39, 0.29) is 0 Å². The second-order valence-corrected chi connectivity index (χ2v) is 2.46. The summed E-state index contributed by atoms with van der Waals surface area (Å²) in [5, 5.41) is 0. The van der Waals surface area contributed by atoms with Gasteiger partial charge in [0.2, 0.25) is 0 Å². The van der Waals surface area contributed by atoms with Crippen molar-refractivity contribution in [3.8, 4) is 0 Å². The lowest BCUT2D eigenvalue weighted by Crippen LogP contribution is -2.00. The van der Waals surface area contributed by atoms with E-state index >= 15 is 0 Å². The van der Waals surface area contributed by atoms with Crippen LogP contribution >= 0.6 is 0 Å². The fourth-order valence-corrected chi connectivity index (χ4v) is 0.637. The molecule has 0 atom stereocenters. The van der Waals surface area contributed by atoms with E-state index in [2.05, 4.69) is 26.8 Å². The molecule has 0 aromatic carbocycles. The highest BCUT2D eigenvalue weighted by Gasteiger charge is 1.86. The Labute approximate surface area is 51.6 Å². The summed E-state index contributed by atoms with van der Waals surface area (Å²) in [4.78, 5) is 0. The quantitative estimate of drug-likeness (QED) is 0.540. The molecule has 0 saturated carbocycles. The lowest BCUT2D eigenvalue weighted by atomic mass is 10.1. The van der Waals surface area contributed by atoms with Gasteiger partial charge in [0.1, 0.15) is 0 Å². The zero-order valence-corrected chi connectivity index (χ0v) is 5.94. The molecule has 0 aliphatic heterocycles. The zero-order valence-electron chi connectivity index (χ0n) is 5.94. The first-order valence-electron chi connectivity index (χ1n) is 3.04. The average molecular weight is 113 g/mol. The van der Waals surface area contributed by atoms with Gasteiger partial charge in [-0.15, -0.1) is 0 Å². The van der Waals surface area contributed by atoms with Crippen LogP contribution in [0, 0.1) is 5.92 Å².